The van der Waals surface area contributed by atoms with Crippen molar-refractivity contribution < 1.29 is 14.1 Å². The number of nitrogens with one attached hydrogen (secondary N) is 1. The fourth-order valence-electron chi connectivity index (χ4n) is 2.66. The Kier molecular flexibility index (Phi) is 5.22. The van der Waals surface area contributed by atoms with E-state index in [2.05, 4.69) is 20.4 Å². The smallest absolute Gasteiger partial charge is 0.237 e. The number of aryl methyl sites for hydroxylation is 1. The van der Waals surface area contributed by atoms with E-state index in [0.717, 1.165) is 24.2 Å². The number of ether oxygens (including phenoxy) is 1. The Morgan fingerprint density at radius 2 is 2.00 bits per heavy atom. The Morgan fingerprint density at radius 3 is 2.62 bits per heavy atom. The Bertz CT molecular complexity index is 677. The van der Waals surface area contributed by atoms with Crippen molar-refractivity contribution >= 4 is 5.91 Å². The molecule has 0 aliphatic carbocycles. The van der Waals surface area contributed by atoms with Crippen molar-refractivity contribution in [1.29, 1.82) is 0 Å². The van der Waals surface area contributed by atoms with Crippen LogP contribution in [0.5, 0.6) is 0 Å². The monoisotopic (exact) mass is 330 g/mol. The SMILES string of the molecule is Cc1nc(-c2ccc(CNC(=O)[C@H](C)N3CCOCC3)cc2)no1. The number of rotatable bonds is 5. The van der Waals surface area contributed by atoms with E-state index in [0.29, 0.717) is 31.5 Å². The molecule has 128 valence electrons. The van der Waals surface area contributed by atoms with Crippen LogP contribution in [0.25, 0.3) is 11.4 Å². The molecule has 2 aromatic rings. The van der Waals surface area contributed by atoms with E-state index < -0.39 is 0 Å². The number of carbonyl (C=O) groups is 1. The van der Waals surface area contributed by atoms with Crippen molar-refractivity contribution in [3.63, 3.8) is 0 Å². The van der Waals surface area contributed by atoms with Crippen LogP contribution in [0.2, 0.25) is 0 Å². The van der Waals surface area contributed by atoms with Crippen LogP contribution < -0.4 is 5.32 Å². The normalized spacial score (nSPS) is 16.8. The summed E-state index contributed by atoms with van der Waals surface area (Å²) < 4.78 is 10.3. The second-order valence-corrected chi connectivity index (χ2v) is 5.88. The molecule has 0 bridgehead atoms. The molecule has 0 radical (unpaired) electrons. The Balaban J connectivity index is 1.53. The third kappa shape index (κ3) is 3.98. The molecule has 24 heavy (non-hydrogen) atoms. The van der Waals surface area contributed by atoms with Crippen LogP contribution in [0.1, 0.15) is 18.4 Å². The van der Waals surface area contributed by atoms with Crippen molar-refractivity contribution in [3.05, 3.63) is 35.7 Å². The molecule has 7 heteroatoms. The molecular weight excluding hydrogens is 308 g/mol. The minimum absolute atomic E-state index is 0.0368. The summed E-state index contributed by atoms with van der Waals surface area (Å²) >= 11 is 0. The zero-order valence-corrected chi connectivity index (χ0v) is 14.0. The van der Waals surface area contributed by atoms with Crippen LogP contribution in [0, 0.1) is 6.92 Å². The Hall–Kier alpha value is -2.25. The number of aromatic nitrogens is 2. The molecule has 1 aliphatic rings. The highest BCUT2D eigenvalue weighted by Gasteiger charge is 2.22. The highest BCUT2D eigenvalue weighted by atomic mass is 16.5. The molecule has 2 heterocycles. The van der Waals surface area contributed by atoms with Gasteiger partial charge in [-0.1, -0.05) is 29.4 Å². The van der Waals surface area contributed by atoms with E-state index in [1.165, 1.54) is 0 Å². The van der Waals surface area contributed by atoms with Gasteiger partial charge in [-0.05, 0) is 12.5 Å². The number of hydrogen-bond acceptors (Lipinski definition) is 6. The highest BCUT2D eigenvalue weighted by molar-refractivity contribution is 5.81. The van der Waals surface area contributed by atoms with Crippen molar-refractivity contribution in [2.45, 2.75) is 26.4 Å². The highest BCUT2D eigenvalue weighted by Crippen LogP contribution is 2.16. The summed E-state index contributed by atoms with van der Waals surface area (Å²) in [6.45, 7) is 7.17. The molecule has 1 saturated heterocycles. The van der Waals surface area contributed by atoms with Crippen LogP contribution in [0.4, 0.5) is 0 Å². The molecule has 1 amide bonds. The van der Waals surface area contributed by atoms with Gasteiger partial charge in [0.15, 0.2) is 0 Å². The molecule has 0 unspecified atom stereocenters. The van der Waals surface area contributed by atoms with Crippen molar-refractivity contribution in [3.8, 4) is 11.4 Å². The van der Waals surface area contributed by atoms with Gasteiger partial charge in [0, 0.05) is 32.1 Å². The molecule has 0 spiro atoms. The molecular formula is C17H22N4O3. The van der Waals surface area contributed by atoms with Gasteiger partial charge in [0.25, 0.3) is 0 Å². The molecule has 1 aromatic carbocycles. The van der Waals surface area contributed by atoms with Gasteiger partial charge in [-0.2, -0.15) is 4.98 Å². The predicted molar refractivity (Wildman–Crippen MR) is 88.2 cm³/mol. The molecule has 7 nitrogen and oxygen atoms in total. The standard InChI is InChI=1S/C17H22N4O3/c1-12(21-7-9-23-10-8-21)17(22)18-11-14-3-5-15(6-4-14)16-19-13(2)24-20-16/h3-6,12H,7-11H2,1-2H3,(H,18,22)/t12-/m0/s1. The average Bonchev–Trinajstić information content (AvgIpc) is 3.06. The number of amides is 1. The van der Waals surface area contributed by atoms with Gasteiger partial charge in [0.1, 0.15) is 0 Å². The lowest BCUT2D eigenvalue weighted by Gasteiger charge is -2.31. The van der Waals surface area contributed by atoms with E-state index in [4.69, 9.17) is 9.26 Å². The fourth-order valence-corrected chi connectivity index (χ4v) is 2.66. The second-order valence-electron chi connectivity index (χ2n) is 5.88. The van der Waals surface area contributed by atoms with Crippen LogP contribution in [-0.4, -0.2) is 53.3 Å². The molecule has 1 atom stereocenters. The van der Waals surface area contributed by atoms with E-state index in [9.17, 15) is 4.79 Å². The third-order valence-corrected chi connectivity index (χ3v) is 4.18. The number of morpholine rings is 1. The van der Waals surface area contributed by atoms with E-state index >= 15 is 0 Å². The van der Waals surface area contributed by atoms with Gasteiger partial charge in [-0.25, -0.2) is 0 Å². The first-order chi connectivity index (χ1) is 11.6. The lowest BCUT2D eigenvalue weighted by molar-refractivity contribution is -0.127. The van der Waals surface area contributed by atoms with Gasteiger partial charge >= 0.3 is 0 Å². The fraction of sp³-hybridized carbons (Fsp3) is 0.471. The molecule has 0 saturated carbocycles. The maximum absolute atomic E-state index is 12.3. The summed E-state index contributed by atoms with van der Waals surface area (Å²) in [6.07, 6.45) is 0. The van der Waals surface area contributed by atoms with E-state index in [-0.39, 0.29) is 11.9 Å². The first-order valence-electron chi connectivity index (χ1n) is 8.12. The van der Waals surface area contributed by atoms with Crippen LogP contribution in [-0.2, 0) is 16.1 Å². The summed E-state index contributed by atoms with van der Waals surface area (Å²) in [5, 5.41) is 6.88. The van der Waals surface area contributed by atoms with Crippen LogP contribution in [0.3, 0.4) is 0 Å². The zero-order chi connectivity index (χ0) is 16.9. The summed E-state index contributed by atoms with van der Waals surface area (Å²) in [6, 6.07) is 7.63. The number of nitrogens with zero attached hydrogens (tertiary/aromatic N) is 3. The topological polar surface area (TPSA) is 80.5 Å². The lowest BCUT2D eigenvalue weighted by atomic mass is 10.1. The minimum Gasteiger partial charge on any atom is -0.379 e. The first kappa shape index (κ1) is 16.6. The molecule has 3 rings (SSSR count). The van der Waals surface area contributed by atoms with Crippen LogP contribution >= 0.6 is 0 Å². The largest absolute Gasteiger partial charge is 0.379 e. The zero-order valence-electron chi connectivity index (χ0n) is 14.0. The van der Waals surface area contributed by atoms with Crippen LogP contribution in [0.15, 0.2) is 28.8 Å². The second kappa shape index (κ2) is 7.55. The minimum atomic E-state index is -0.143. The first-order valence-corrected chi connectivity index (χ1v) is 8.12. The average molecular weight is 330 g/mol. The van der Waals surface area contributed by atoms with Gasteiger partial charge < -0.3 is 14.6 Å². The predicted octanol–water partition coefficient (Wildman–Crippen LogP) is 1.38. The van der Waals surface area contributed by atoms with Crippen molar-refractivity contribution in [2.75, 3.05) is 26.3 Å². The van der Waals surface area contributed by atoms with Gasteiger partial charge in [0.2, 0.25) is 17.6 Å². The molecule has 1 N–H and O–H groups in total. The molecule has 1 aliphatic heterocycles. The van der Waals surface area contributed by atoms with Gasteiger partial charge in [-0.15, -0.1) is 0 Å². The summed E-state index contributed by atoms with van der Waals surface area (Å²) in [4.78, 5) is 18.6. The van der Waals surface area contributed by atoms with Crippen molar-refractivity contribution in [2.24, 2.45) is 0 Å². The van der Waals surface area contributed by atoms with Gasteiger partial charge in [-0.3, -0.25) is 9.69 Å². The molecule has 1 fully saturated rings. The summed E-state index contributed by atoms with van der Waals surface area (Å²) in [5.41, 5.74) is 1.92. The van der Waals surface area contributed by atoms with Gasteiger partial charge in [0.05, 0.1) is 19.3 Å². The third-order valence-electron chi connectivity index (χ3n) is 4.18. The maximum Gasteiger partial charge on any atom is 0.237 e. The summed E-state index contributed by atoms with van der Waals surface area (Å²) in [7, 11) is 0. The molecule has 1 aromatic heterocycles. The van der Waals surface area contributed by atoms with E-state index in [1.54, 1.807) is 6.92 Å². The Morgan fingerprint density at radius 1 is 1.29 bits per heavy atom. The quantitative estimate of drug-likeness (QED) is 0.892. The lowest BCUT2D eigenvalue weighted by Crippen LogP contribution is -2.49. The van der Waals surface area contributed by atoms with Crippen molar-refractivity contribution in [1.82, 2.24) is 20.4 Å². The number of carbonyl (C=O) groups excluding carboxylic acids is 1. The maximum atomic E-state index is 12.3. The number of benzene rings is 1. The Labute approximate surface area is 141 Å². The summed E-state index contributed by atoms with van der Waals surface area (Å²) in [5.74, 6) is 1.15. The van der Waals surface area contributed by atoms with E-state index in [1.807, 2.05) is 31.2 Å². The number of hydrogen-bond donors (Lipinski definition) is 1.